The molecule has 124 valence electrons. The molecule has 0 saturated heterocycles. The van der Waals surface area contributed by atoms with E-state index in [1.807, 2.05) is 13.1 Å². The second-order valence-electron chi connectivity index (χ2n) is 5.18. The fourth-order valence-electron chi connectivity index (χ4n) is 2.15. The van der Waals surface area contributed by atoms with Gasteiger partial charge in [0.1, 0.15) is 0 Å². The zero-order valence-electron chi connectivity index (χ0n) is 12.7. The zero-order chi connectivity index (χ0) is 17.1. The van der Waals surface area contributed by atoms with Crippen LogP contribution in [0.25, 0.3) is 11.5 Å². The second-order valence-corrected chi connectivity index (χ2v) is 7.73. The van der Waals surface area contributed by atoms with Crippen molar-refractivity contribution in [2.75, 3.05) is 7.05 Å². The van der Waals surface area contributed by atoms with Crippen LogP contribution >= 0.6 is 27.3 Å². The van der Waals surface area contributed by atoms with Crippen LogP contribution in [0, 0.1) is 10.1 Å². The summed E-state index contributed by atoms with van der Waals surface area (Å²) in [4.78, 5) is 13.5. The highest BCUT2D eigenvalue weighted by Crippen LogP contribution is 2.24. The Kier molecular flexibility index (Phi) is 5.03. The van der Waals surface area contributed by atoms with E-state index in [1.165, 1.54) is 17.0 Å². The molecule has 0 amide bonds. The predicted octanol–water partition coefficient (Wildman–Crippen LogP) is 4.10. The van der Waals surface area contributed by atoms with Crippen LogP contribution in [0.4, 0.5) is 5.69 Å². The molecule has 0 radical (unpaired) electrons. The lowest BCUT2D eigenvalue weighted by molar-refractivity contribution is -0.384. The van der Waals surface area contributed by atoms with Gasteiger partial charge in [0.25, 0.3) is 5.69 Å². The molecule has 0 bridgehead atoms. The number of hydrogen-bond acceptors (Lipinski definition) is 7. The highest BCUT2D eigenvalue weighted by Gasteiger charge is 2.13. The predicted molar refractivity (Wildman–Crippen MR) is 93.6 cm³/mol. The quantitative estimate of drug-likeness (QED) is 0.450. The highest BCUT2D eigenvalue weighted by molar-refractivity contribution is 9.11. The maximum Gasteiger partial charge on any atom is 0.269 e. The van der Waals surface area contributed by atoms with Gasteiger partial charge in [-0.05, 0) is 47.2 Å². The summed E-state index contributed by atoms with van der Waals surface area (Å²) in [6.07, 6.45) is 0. The third-order valence-electron chi connectivity index (χ3n) is 3.25. The van der Waals surface area contributed by atoms with Gasteiger partial charge in [-0.25, -0.2) is 0 Å². The summed E-state index contributed by atoms with van der Waals surface area (Å²) in [7, 11) is 1.98. The molecule has 0 aliphatic carbocycles. The third-order valence-corrected chi connectivity index (χ3v) is 4.86. The lowest BCUT2D eigenvalue weighted by Crippen LogP contribution is -2.16. The van der Waals surface area contributed by atoms with Gasteiger partial charge in [0, 0.05) is 29.1 Å². The number of nitro groups is 1. The molecule has 3 aromatic rings. The Balaban J connectivity index is 1.65. The summed E-state index contributed by atoms with van der Waals surface area (Å²) in [6.45, 7) is 1.31. The molecular weight excluding hydrogens is 396 g/mol. The van der Waals surface area contributed by atoms with Gasteiger partial charge in [0.05, 0.1) is 15.3 Å². The minimum Gasteiger partial charge on any atom is -0.419 e. The molecule has 0 atom stereocenters. The summed E-state index contributed by atoms with van der Waals surface area (Å²) in [5.74, 6) is 0.855. The van der Waals surface area contributed by atoms with Gasteiger partial charge in [-0.15, -0.1) is 21.5 Å². The minimum absolute atomic E-state index is 0.0281. The first kappa shape index (κ1) is 16.7. The van der Waals surface area contributed by atoms with Crippen LogP contribution < -0.4 is 0 Å². The number of halogens is 1. The topological polar surface area (TPSA) is 85.3 Å². The molecule has 24 heavy (non-hydrogen) atoms. The summed E-state index contributed by atoms with van der Waals surface area (Å²) in [6, 6.07) is 10.1. The fourth-order valence-corrected chi connectivity index (χ4v) is 3.71. The Morgan fingerprint density at radius 1 is 1.21 bits per heavy atom. The molecule has 0 aliphatic heterocycles. The standard InChI is InChI=1S/C15H13BrN4O3S/c1-19(8-12-6-7-13(16)24-12)9-14-17-18-15(23-14)10-2-4-11(5-3-10)20(21)22/h2-7H,8-9H2,1H3. The van der Waals surface area contributed by atoms with Crippen molar-refractivity contribution < 1.29 is 9.34 Å². The van der Waals surface area contributed by atoms with E-state index in [2.05, 4.69) is 37.1 Å². The van der Waals surface area contributed by atoms with Gasteiger partial charge < -0.3 is 4.42 Å². The Labute approximate surface area is 150 Å². The molecule has 0 aliphatic rings. The van der Waals surface area contributed by atoms with Gasteiger partial charge in [-0.3, -0.25) is 15.0 Å². The molecule has 1 aromatic carbocycles. The number of nitro benzene ring substituents is 1. The molecule has 0 unspecified atom stereocenters. The number of hydrogen-bond donors (Lipinski definition) is 0. The van der Waals surface area contributed by atoms with Crippen LogP contribution in [-0.4, -0.2) is 27.1 Å². The molecule has 7 nitrogen and oxygen atoms in total. The van der Waals surface area contributed by atoms with E-state index in [0.29, 0.717) is 23.9 Å². The van der Waals surface area contributed by atoms with Crippen LogP contribution in [0.2, 0.25) is 0 Å². The number of non-ortho nitro benzene ring substituents is 1. The SMILES string of the molecule is CN(Cc1nnc(-c2ccc([N+](=O)[O-])cc2)o1)Cc1ccc(Br)s1. The van der Waals surface area contributed by atoms with Gasteiger partial charge in [0.2, 0.25) is 11.8 Å². The molecule has 3 rings (SSSR count). The fraction of sp³-hybridized carbons (Fsp3) is 0.200. The molecule has 0 saturated carbocycles. The summed E-state index contributed by atoms with van der Waals surface area (Å²) in [5, 5.41) is 18.7. The molecule has 2 heterocycles. The van der Waals surface area contributed by atoms with Crippen LogP contribution in [0.3, 0.4) is 0 Å². The Morgan fingerprint density at radius 2 is 1.96 bits per heavy atom. The van der Waals surface area contributed by atoms with E-state index in [9.17, 15) is 10.1 Å². The molecule has 9 heteroatoms. The first-order valence-electron chi connectivity index (χ1n) is 7.01. The number of thiophene rings is 1. The van der Waals surface area contributed by atoms with Crippen molar-refractivity contribution in [1.82, 2.24) is 15.1 Å². The average molecular weight is 409 g/mol. The van der Waals surface area contributed by atoms with Gasteiger partial charge in [-0.1, -0.05) is 0 Å². The number of benzene rings is 1. The first-order chi connectivity index (χ1) is 11.5. The van der Waals surface area contributed by atoms with Gasteiger partial charge in [0.15, 0.2) is 0 Å². The van der Waals surface area contributed by atoms with Crippen molar-refractivity contribution in [3.05, 3.63) is 61.1 Å². The summed E-state index contributed by atoms with van der Waals surface area (Å²) in [5.41, 5.74) is 0.685. The van der Waals surface area contributed by atoms with Crippen molar-refractivity contribution in [1.29, 1.82) is 0 Å². The smallest absolute Gasteiger partial charge is 0.269 e. The largest absolute Gasteiger partial charge is 0.419 e. The molecule has 0 spiro atoms. The Hall–Kier alpha value is -2.10. The van der Waals surface area contributed by atoms with Crippen LogP contribution in [0.5, 0.6) is 0 Å². The van der Waals surface area contributed by atoms with Crippen molar-refractivity contribution >= 4 is 33.0 Å². The van der Waals surface area contributed by atoms with Gasteiger partial charge >= 0.3 is 0 Å². The third kappa shape index (κ3) is 4.05. The van der Waals surface area contributed by atoms with Crippen molar-refractivity contribution in [3.63, 3.8) is 0 Å². The monoisotopic (exact) mass is 408 g/mol. The van der Waals surface area contributed by atoms with E-state index in [0.717, 1.165) is 10.3 Å². The van der Waals surface area contributed by atoms with E-state index in [-0.39, 0.29) is 5.69 Å². The van der Waals surface area contributed by atoms with Crippen molar-refractivity contribution in [2.45, 2.75) is 13.1 Å². The lowest BCUT2D eigenvalue weighted by atomic mass is 10.2. The summed E-state index contributed by atoms with van der Waals surface area (Å²) < 4.78 is 6.75. The van der Waals surface area contributed by atoms with Crippen molar-refractivity contribution in [2.24, 2.45) is 0 Å². The number of aromatic nitrogens is 2. The average Bonchev–Trinajstić information content (AvgIpc) is 3.16. The molecular formula is C15H13BrN4O3S. The van der Waals surface area contributed by atoms with Crippen LogP contribution in [0.15, 0.2) is 44.6 Å². The Bertz CT molecular complexity index is 847. The lowest BCUT2D eigenvalue weighted by Gasteiger charge is -2.12. The van der Waals surface area contributed by atoms with E-state index < -0.39 is 4.92 Å². The molecule has 0 fully saturated rings. The second kappa shape index (κ2) is 7.20. The minimum atomic E-state index is -0.444. The normalized spacial score (nSPS) is 11.1. The van der Waals surface area contributed by atoms with E-state index in [4.69, 9.17) is 4.42 Å². The van der Waals surface area contributed by atoms with E-state index in [1.54, 1.807) is 23.5 Å². The van der Waals surface area contributed by atoms with Gasteiger partial charge in [-0.2, -0.15) is 0 Å². The van der Waals surface area contributed by atoms with Crippen molar-refractivity contribution in [3.8, 4) is 11.5 Å². The summed E-state index contributed by atoms with van der Waals surface area (Å²) >= 11 is 5.13. The maximum atomic E-state index is 10.7. The van der Waals surface area contributed by atoms with Crippen LogP contribution in [-0.2, 0) is 13.1 Å². The molecule has 2 aromatic heterocycles. The zero-order valence-corrected chi connectivity index (χ0v) is 15.1. The number of nitrogens with zero attached hydrogens (tertiary/aromatic N) is 4. The molecule has 0 N–H and O–H groups in total. The highest BCUT2D eigenvalue weighted by atomic mass is 79.9. The first-order valence-corrected chi connectivity index (χ1v) is 8.62. The van der Waals surface area contributed by atoms with Crippen LogP contribution in [0.1, 0.15) is 10.8 Å². The van der Waals surface area contributed by atoms with E-state index >= 15 is 0 Å². The maximum absolute atomic E-state index is 10.7. The number of rotatable bonds is 6. The Morgan fingerprint density at radius 3 is 2.58 bits per heavy atom.